The second-order valence-corrected chi connectivity index (χ2v) is 6.92. The van der Waals surface area contributed by atoms with Gasteiger partial charge in [0.2, 0.25) is 11.8 Å². The number of nitrogens with zero attached hydrogens (tertiary/aromatic N) is 2. The van der Waals surface area contributed by atoms with Gasteiger partial charge in [-0.3, -0.25) is 24.5 Å². The van der Waals surface area contributed by atoms with Crippen molar-refractivity contribution in [1.82, 2.24) is 0 Å². The fraction of sp³-hybridized carbons (Fsp3) is 0.389. The molecule has 0 radical (unpaired) electrons. The van der Waals surface area contributed by atoms with Gasteiger partial charge in [0.25, 0.3) is 5.69 Å². The van der Waals surface area contributed by atoms with Crippen LogP contribution in [0.3, 0.4) is 0 Å². The van der Waals surface area contributed by atoms with Crippen molar-refractivity contribution in [2.75, 3.05) is 11.5 Å². The Kier molecular flexibility index (Phi) is 3.67. The predicted molar refractivity (Wildman–Crippen MR) is 90.7 cm³/mol. The van der Waals surface area contributed by atoms with Crippen LogP contribution in [-0.2, 0) is 23.9 Å². The van der Waals surface area contributed by atoms with Crippen LogP contribution in [0.2, 0.25) is 0 Å². The summed E-state index contributed by atoms with van der Waals surface area (Å²) in [5.74, 6) is -3.06. The van der Waals surface area contributed by atoms with E-state index >= 15 is 0 Å². The highest BCUT2D eigenvalue weighted by atomic mass is 16.6. The second kappa shape index (κ2) is 5.71. The summed E-state index contributed by atoms with van der Waals surface area (Å²) in [6, 6.07) is 4.04. The quantitative estimate of drug-likeness (QED) is 0.257. The van der Waals surface area contributed by atoms with Crippen LogP contribution in [0.5, 0.6) is 0 Å². The predicted octanol–water partition coefficient (Wildman–Crippen LogP) is 1.28. The maximum Gasteiger partial charge on any atom is 0.302 e. The highest BCUT2D eigenvalue weighted by Gasteiger charge is 2.68. The Hall–Kier alpha value is -3.07. The Labute approximate surface area is 153 Å². The molecule has 2 amide bonds. The van der Waals surface area contributed by atoms with Gasteiger partial charge in [-0.2, -0.15) is 0 Å². The number of esters is 1. The minimum absolute atomic E-state index is 0.169. The van der Waals surface area contributed by atoms with E-state index < -0.39 is 46.2 Å². The van der Waals surface area contributed by atoms with E-state index in [2.05, 4.69) is 0 Å². The first-order valence-electron chi connectivity index (χ1n) is 8.38. The maximum atomic E-state index is 13.2. The molecule has 0 spiro atoms. The number of carbonyl (C=O) groups is 3. The molecule has 0 unspecified atom stereocenters. The van der Waals surface area contributed by atoms with E-state index in [1.54, 1.807) is 19.1 Å². The standard InChI is InChI=1S/C18H16N2O7/c1-9-3-4-11(20(24)25)7-12(9)19-16(22)14-13-5-6-18(27-13,8-26-10(2)21)15(14)17(19)23/h3-7,13-15H,8H2,1-2H3/t13-,14+,15-,18-/m1/s1. The monoisotopic (exact) mass is 372 g/mol. The number of hydrogen-bond acceptors (Lipinski definition) is 7. The SMILES string of the molecule is CC(=O)OC[C@@]12C=C[C@@H](O1)[C@@H]1C(=O)N(c3cc([N+](=O)[O-])ccc3C)C(=O)[C@@H]12. The van der Waals surface area contributed by atoms with Crippen molar-refractivity contribution in [3.63, 3.8) is 0 Å². The van der Waals surface area contributed by atoms with Gasteiger partial charge in [0.05, 0.1) is 28.6 Å². The van der Waals surface area contributed by atoms with Crippen molar-refractivity contribution < 1.29 is 28.8 Å². The lowest BCUT2D eigenvalue weighted by Gasteiger charge is -2.28. The average molecular weight is 372 g/mol. The number of ether oxygens (including phenoxy) is 2. The first-order valence-corrected chi connectivity index (χ1v) is 8.38. The minimum Gasteiger partial charge on any atom is -0.462 e. The number of carbonyl (C=O) groups excluding carboxylic acids is 3. The average Bonchev–Trinajstić information content (AvgIpc) is 3.25. The molecule has 9 nitrogen and oxygen atoms in total. The summed E-state index contributed by atoms with van der Waals surface area (Å²) in [5, 5.41) is 11.1. The fourth-order valence-electron chi connectivity index (χ4n) is 4.07. The molecule has 27 heavy (non-hydrogen) atoms. The number of hydrogen-bond donors (Lipinski definition) is 0. The zero-order valence-corrected chi connectivity index (χ0v) is 14.6. The van der Waals surface area contributed by atoms with E-state index in [-0.39, 0.29) is 18.0 Å². The van der Waals surface area contributed by atoms with Crippen LogP contribution in [0.15, 0.2) is 30.4 Å². The number of amides is 2. The molecule has 9 heteroatoms. The van der Waals surface area contributed by atoms with Crippen LogP contribution in [0.1, 0.15) is 12.5 Å². The zero-order valence-electron chi connectivity index (χ0n) is 14.6. The second-order valence-electron chi connectivity index (χ2n) is 6.92. The number of rotatable bonds is 4. The van der Waals surface area contributed by atoms with Gasteiger partial charge in [0.1, 0.15) is 12.2 Å². The number of non-ortho nitro benzene ring substituents is 1. The van der Waals surface area contributed by atoms with Crippen LogP contribution >= 0.6 is 0 Å². The van der Waals surface area contributed by atoms with Gasteiger partial charge in [0, 0.05) is 19.1 Å². The molecule has 0 aliphatic carbocycles. The normalized spacial score (nSPS) is 30.7. The Morgan fingerprint density at radius 2 is 2.11 bits per heavy atom. The molecule has 140 valence electrons. The summed E-state index contributed by atoms with van der Waals surface area (Å²) in [5.41, 5.74) is -0.634. The summed E-state index contributed by atoms with van der Waals surface area (Å²) in [4.78, 5) is 48.9. The summed E-state index contributed by atoms with van der Waals surface area (Å²) >= 11 is 0. The molecule has 2 fully saturated rings. The number of nitro groups is 1. The van der Waals surface area contributed by atoms with Crippen LogP contribution < -0.4 is 4.90 Å². The maximum absolute atomic E-state index is 13.2. The molecule has 4 rings (SSSR count). The van der Waals surface area contributed by atoms with Crippen molar-refractivity contribution in [3.05, 3.63) is 46.0 Å². The van der Waals surface area contributed by atoms with Crippen molar-refractivity contribution in [2.24, 2.45) is 11.8 Å². The largest absolute Gasteiger partial charge is 0.462 e. The van der Waals surface area contributed by atoms with Gasteiger partial charge in [-0.25, -0.2) is 4.90 Å². The van der Waals surface area contributed by atoms with E-state index in [9.17, 15) is 24.5 Å². The summed E-state index contributed by atoms with van der Waals surface area (Å²) in [7, 11) is 0. The fourth-order valence-corrected chi connectivity index (χ4v) is 4.07. The molecule has 0 aromatic heterocycles. The highest BCUT2D eigenvalue weighted by molar-refractivity contribution is 6.23. The number of anilines is 1. The van der Waals surface area contributed by atoms with Crippen LogP contribution in [0.4, 0.5) is 11.4 Å². The minimum atomic E-state index is -1.18. The van der Waals surface area contributed by atoms with Gasteiger partial charge in [-0.05, 0) is 18.6 Å². The van der Waals surface area contributed by atoms with Gasteiger partial charge < -0.3 is 9.47 Å². The number of imide groups is 1. The smallest absolute Gasteiger partial charge is 0.302 e. The summed E-state index contributed by atoms with van der Waals surface area (Å²) < 4.78 is 10.9. The van der Waals surface area contributed by atoms with Crippen molar-refractivity contribution in [3.8, 4) is 0 Å². The third-order valence-electron chi connectivity index (χ3n) is 5.30. The Balaban J connectivity index is 1.73. The summed E-state index contributed by atoms with van der Waals surface area (Å²) in [6.45, 7) is 2.75. The molecular weight excluding hydrogens is 356 g/mol. The van der Waals surface area contributed by atoms with Crippen LogP contribution in [0.25, 0.3) is 0 Å². The molecule has 3 heterocycles. The third-order valence-corrected chi connectivity index (χ3v) is 5.30. The van der Waals surface area contributed by atoms with Crippen molar-refractivity contribution in [2.45, 2.75) is 25.6 Å². The zero-order chi connectivity index (χ0) is 19.5. The van der Waals surface area contributed by atoms with Crippen molar-refractivity contribution in [1.29, 1.82) is 0 Å². The molecular formula is C18H16N2O7. The van der Waals surface area contributed by atoms with E-state index in [0.717, 1.165) is 4.90 Å². The lowest BCUT2D eigenvalue weighted by Crippen LogP contribution is -2.44. The first kappa shape index (κ1) is 17.3. The molecule has 4 atom stereocenters. The number of aryl methyl sites for hydroxylation is 1. The molecule has 1 aromatic rings. The van der Waals surface area contributed by atoms with E-state index in [4.69, 9.17) is 9.47 Å². The number of fused-ring (bicyclic) bond motifs is 5. The molecule has 2 saturated heterocycles. The molecule has 1 aromatic carbocycles. The van der Waals surface area contributed by atoms with Gasteiger partial charge in [0.15, 0.2) is 0 Å². The van der Waals surface area contributed by atoms with E-state index in [1.165, 1.54) is 25.1 Å². The van der Waals surface area contributed by atoms with Gasteiger partial charge >= 0.3 is 5.97 Å². The lowest BCUT2D eigenvalue weighted by molar-refractivity contribution is -0.384. The van der Waals surface area contributed by atoms with E-state index in [0.29, 0.717) is 5.56 Å². The topological polar surface area (TPSA) is 116 Å². The molecule has 3 aliphatic rings. The lowest BCUT2D eigenvalue weighted by atomic mass is 9.77. The molecule has 3 aliphatic heterocycles. The number of benzene rings is 1. The Morgan fingerprint density at radius 3 is 2.78 bits per heavy atom. The third kappa shape index (κ3) is 2.38. The Morgan fingerprint density at radius 1 is 1.37 bits per heavy atom. The van der Waals surface area contributed by atoms with Crippen LogP contribution in [0, 0.1) is 28.9 Å². The Bertz CT molecular complexity index is 924. The molecule has 0 saturated carbocycles. The number of nitro benzene ring substituents is 1. The van der Waals surface area contributed by atoms with E-state index in [1.807, 2.05) is 0 Å². The molecule has 2 bridgehead atoms. The van der Waals surface area contributed by atoms with Crippen molar-refractivity contribution >= 4 is 29.2 Å². The first-order chi connectivity index (χ1) is 12.7. The molecule has 0 N–H and O–H groups in total. The van der Waals surface area contributed by atoms with Gasteiger partial charge in [-0.15, -0.1) is 0 Å². The highest BCUT2D eigenvalue weighted by Crippen LogP contribution is 2.53. The summed E-state index contributed by atoms with van der Waals surface area (Å²) in [6.07, 6.45) is 2.77. The van der Waals surface area contributed by atoms with Crippen LogP contribution in [-0.4, -0.2) is 41.0 Å². The van der Waals surface area contributed by atoms with Gasteiger partial charge in [-0.1, -0.05) is 12.1 Å².